The van der Waals surface area contributed by atoms with Crippen molar-refractivity contribution in [2.24, 2.45) is 23.3 Å². The number of carboxylic acids is 2. The molecule has 2 fully saturated rings. The van der Waals surface area contributed by atoms with E-state index in [0.29, 0.717) is 11.8 Å². The summed E-state index contributed by atoms with van der Waals surface area (Å²) in [5.74, 6) is -4.20. The highest BCUT2D eigenvalue weighted by molar-refractivity contribution is 6.30. The molecule has 2 heterocycles. The van der Waals surface area contributed by atoms with Crippen LogP contribution >= 0.6 is 23.2 Å². The first-order valence-electron chi connectivity index (χ1n) is 14.8. The van der Waals surface area contributed by atoms with Crippen molar-refractivity contribution in [3.63, 3.8) is 0 Å². The zero-order valence-corrected chi connectivity index (χ0v) is 27.3. The zero-order chi connectivity index (χ0) is 35.8. The number of hydrogen-bond acceptors (Lipinski definition) is 6. The number of benzene rings is 2. The first kappa shape index (κ1) is 42.4. The van der Waals surface area contributed by atoms with Gasteiger partial charge in [-0.3, -0.25) is 0 Å². The number of halogens is 8. The summed E-state index contributed by atoms with van der Waals surface area (Å²) in [6, 6.07) is 16.6. The Kier molecular flexibility index (Phi) is 18.7. The average molecular weight is 720 g/mol. The third kappa shape index (κ3) is 18.5. The summed E-state index contributed by atoms with van der Waals surface area (Å²) in [6.07, 6.45) is -3.46. The fraction of sp³-hybridized carbons (Fsp3) is 0.548. The lowest BCUT2D eigenvalue weighted by atomic mass is 9.87. The summed E-state index contributed by atoms with van der Waals surface area (Å²) in [6.45, 7) is 4.56. The number of hydrogen-bond donors (Lipinski definition) is 5. The van der Waals surface area contributed by atoms with Gasteiger partial charge in [0.05, 0.1) is 0 Å². The van der Waals surface area contributed by atoms with Crippen LogP contribution in [0.15, 0.2) is 48.5 Å². The van der Waals surface area contributed by atoms with E-state index < -0.39 is 24.3 Å². The molecule has 16 heteroatoms. The maximum Gasteiger partial charge on any atom is 0.490 e. The van der Waals surface area contributed by atoms with Crippen LogP contribution in [0.5, 0.6) is 0 Å². The van der Waals surface area contributed by atoms with Crippen LogP contribution in [0.3, 0.4) is 0 Å². The minimum atomic E-state index is -5.08. The zero-order valence-electron chi connectivity index (χ0n) is 25.8. The molecule has 1 unspecified atom stereocenters. The second kappa shape index (κ2) is 20.7. The molecule has 0 radical (unpaired) electrons. The van der Waals surface area contributed by atoms with Gasteiger partial charge in [-0.25, -0.2) is 9.59 Å². The average Bonchev–Trinajstić information content (AvgIpc) is 2.98. The Balaban J connectivity index is 0.000000340. The minimum Gasteiger partial charge on any atom is -0.475 e. The molecule has 0 aliphatic carbocycles. The number of carbonyl (C=O) groups is 2. The fourth-order valence-electron chi connectivity index (χ4n) is 4.93. The molecule has 7 N–H and O–H groups in total. The molecule has 2 aromatic rings. The van der Waals surface area contributed by atoms with Gasteiger partial charge >= 0.3 is 24.3 Å². The summed E-state index contributed by atoms with van der Waals surface area (Å²) >= 11 is 11.9. The molecule has 0 saturated carbocycles. The first-order chi connectivity index (χ1) is 21.8. The number of aliphatic carboxylic acids is 2. The topological polar surface area (TPSA) is 142 Å². The van der Waals surface area contributed by atoms with Crippen molar-refractivity contribution < 1.29 is 46.1 Å². The Morgan fingerprint density at radius 1 is 0.787 bits per heavy atom. The van der Waals surface area contributed by atoms with Gasteiger partial charge in [0, 0.05) is 22.1 Å². The van der Waals surface area contributed by atoms with Gasteiger partial charge in [-0.15, -0.1) is 0 Å². The van der Waals surface area contributed by atoms with E-state index in [4.69, 9.17) is 54.5 Å². The van der Waals surface area contributed by atoms with Crippen molar-refractivity contribution in [3.05, 3.63) is 69.7 Å². The number of carboxylic acid groups (broad SMARTS) is 2. The Morgan fingerprint density at radius 2 is 1.13 bits per heavy atom. The minimum absolute atomic E-state index is 0.264. The molecule has 2 saturated heterocycles. The number of piperidine rings is 2. The highest BCUT2D eigenvalue weighted by Gasteiger charge is 2.38. The first-order valence-corrected chi connectivity index (χ1v) is 15.5. The lowest BCUT2D eigenvalue weighted by Gasteiger charge is -2.32. The SMILES string of the molecule is CN1CCC(C(N)Cc2cccc(Cl)c2)CC1.N[C@H](Cc1cccc(Cl)c1)C1CCNCC1.O=C(O)C(F)(F)F.O=C(O)C(F)(F)F. The Labute approximate surface area is 280 Å². The number of nitrogens with two attached hydrogens (primary N) is 2. The predicted molar refractivity (Wildman–Crippen MR) is 169 cm³/mol. The number of nitrogens with one attached hydrogen (secondary N) is 1. The van der Waals surface area contributed by atoms with Gasteiger partial charge in [0.1, 0.15) is 0 Å². The molecule has 0 amide bonds. The number of alkyl halides is 6. The smallest absolute Gasteiger partial charge is 0.475 e. The van der Waals surface area contributed by atoms with E-state index in [1.807, 2.05) is 36.4 Å². The third-order valence-corrected chi connectivity index (χ3v) is 8.03. The van der Waals surface area contributed by atoms with Crippen molar-refractivity contribution in [2.45, 2.75) is 63.0 Å². The van der Waals surface area contributed by atoms with Gasteiger partial charge < -0.3 is 31.9 Å². The van der Waals surface area contributed by atoms with Gasteiger partial charge in [0.15, 0.2) is 0 Å². The molecule has 2 aliphatic rings. The normalized spacial score (nSPS) is 17.4. The van der Waals surface area contributed by atoms with Crippen LogP contribution in [0.4, 0.5) is 26.3 Å². The summed E-state index contributed by atoms with van der Waals surface area (Å²) in [7, 11) is 2.18. The molecule has 2 aromatic carbocycles. The van der Waals surface area contributed by atoms with Crippen molar-refractivity contribution in [3.8, 4) is 0 Å². The quantitative estimate of drug-likeness (QED) is 0.228. The molecule has 47 heavy (non-hydrogen) atoms. The molecular formula is C31H42Cl2F6N4O4. The fourth-order valence-corrected chi connectivity index (χ4v) is 5.36. The predicted octanol–water partition coefficient (Wildman–Crippen LogP) is 6.03. The Hall–Kier alpha value is -2.62. The number of rotatable bonds is 6. The molecule has 266 valence electrons. The molecule has 0 spiro atoms. The third-order valence-electron chi connectivity index (χ3n) is 7.56. The molecule has 0 bridgehead atoms. The largest absolute Gasteiger partial charge is 0.490 e. The monoisotopic (exact) mass is 718 g/mol. The van der Waals surface area contributed by atoms with Crippen LogP contribution in [-0.4, -0.2) is 84.7 Å². The van der Waals surface area contributed by atoms with Crippen LogP contribution in [0.25, 0.3) is 0 Å². The highest BCUT2D eigenvalue weighted by atomic mass is 35.5. The van der Waals surface area contributed by atoms with Crippen LogP contribution < -0.4 is 16.8 Å². The summed E-state index contributed by atoms with van der Waals surface area (Å²) < 4.78 is 63.5. The maximum absolute atomic E-state index is 10.6. The van der Waals surface area contributed by atoms with Gasteiger partial charge in [-0.2, -0.15) is 26.3 Å². The molecule has 2 atom stereocenters. The Morgan fingerprint density at radius 3 is 1.45 bits per heavy atom. The Bertz CT molecular complexity index is 1200. The standard InChI is InChI=1S/C14H21ClN2.C13H19ClN2.2C2HF3O2/c1-17-7-5-12(6-8-17)14(16)10-11-3-2-4-13(15)9-11;14-12-3-1-2-10(8-12)9-13(15)11-4-6-16-7-5-11;2*3-2(4,5)1(6)7/h2-4,9,12,14H,5-8,10,16H2,1H3;1-3,8,11,13,16H,4-7,9,15H2;2*(H,6,7)/t;13-;;/m.1../s1. The van der Waals surface area contributed by atoms with Crippen LogP contribution in [-0.2, 0) is 22.4 Å². The van der Waals surface area contributed by atoms with E-state index in [9.17, 15) is 26.3 Å². The van der Waals surface area contributed by atoms with Crippen LogP contribution in [0.1, 0.15) is 36.8 Å². The number of likely N-dealkylation sites (tertiary alicyclic amines) is 1. The van der Waals surface area contributed by atoms with Gasteiger partial charge in [-0.1, -0.05) is 47.5 Å². The molecule has 2 aliphatic heterocycles. The van der Waals surface area contributed by atoms with Gasteiger partial charge in [0.25, 0.3) is 0 Å². The van der Waals surface area contributed by atoms with Gasteiger partial charge in [0.2, 0.25) is 0 Å². The molecule has 8 nitrogen and oxygen atoms in total. The van der Waals surface area contributed by atoms with Crippen molar-refractivity contribution >= 4 is 35.1 Å². The van der Waals surface area contributed by atoms with Crippen molar-refractivity contribution in [1.82, 2.24) is 10.2 Å². The van der Waals surface area contributed by atoms with Crippen LogP contribution in [0, 0.1) is 11.8 Å². The molecule has 4 rings (SSSR count). The second-order valence-electron chi connectivity index (χ2n) is 11.3. The highest BCUT2D eigenvalue weighted by Crippen LogP contribution is 2.22. The summed E-state index contributed by atoms with van der Waals surface area (Å²) in [5, 5.41) is 19.2. The van der Waals surface area contributed by atoms with E-state index in [-0.39, 0.29) is 12.1 Å². The molecular weight excluding hydrogens is 677 g/mol. The van der Waals surface area contributed by atoms with Crippen molar-refractivity contribution in [1.29, 1.82) is 0 Å². The lowest BCUT2D eigenvalue weighted by Crippen LogP contribution is -2.40. The van der Waals surface area contributed by atoms with Gasteiger partial charge in [-0.05, 0) is 119 Å². The van der Waals surface area contributed by atoms with Crippen LogP contribution in [0.2, 0.25) is 10.0 Å². The van der Waals surface area contributed by atoms with E-state index in [1.165, 1.54) is 49.9 Å². The summed E-state index contributed by atoms with van der Waals surface area (Å²) in [4.78, 5) is 20.2. The van der Waals surface area contributed by atoms with E-state index >= 15 is 0 Å². The van der Waals surface area contributed by atoms with E-state index in [1.54, 1.807) is 0 Å². The van der Waals surface area contributed by atoms with E-state index in [0.717, 1.165) is 36.0 Å². The van der Waals surface area contributed by atoms with Crippen molar-refractivity contribution in [2.75, 3.05) is 33.2 Å². The second-order valence-corrected chi connectivity index (χ2v) is 12.2. The van der Waals surface area contributed by atoms with E-state index in [2.05, 4.69) is 29.4 Å². The maximum atomic E-state index is 10.6. The molecule has 0 aromatic heterocycles. The lowest BCUT2D eigenvalue weighted by molar-refractivity contribution is -0.193. The number of nitrogens with zero attached hydrogens (tertiary/aromatic N) is 1. The summed E-state index contributed by atoms with van der Waals surface area (Å²) in [5.41, 5.74) is 15.1.